The lowest BCUT2D eigenvalue weighted by molar-refractivity contribution is -0.135. The van der Waals surface area contributed by atoms with Gasteiger partial charge in [0.1, 0.15) is 11.6 Å². The first-order chi connectivity index (χ1) is 23.1. The van der Waals surface area contributed by atoms with Crippen molar-refractivity contribution in [3.63, 3.8) is 0 Å². The van der Waals surface area contributed by atoms with Gasteiger partial charge in [0.05, 0.1) is 24.1 Å². The summed E-state index contributed by atoms with van der Waals surface area (Å²) in [4.78, 5) is 65.4. The third-order valence-electron chi connectivity index (χ3n) is 8.77. The van der Waals surface area contributed by atoms with Crippen molar-refractivity contribution in [2.45, 2.75) is 82.1 Å². The third kappa shape index (κ3) is 9.37. The van der Waals surface area contributed by atoms with Crippen LogP contribution in [-0.4, -0.2) is 80.5 Å². The van der Waals surface area contributed by atoms with Gasteiger partial charge in [-0.25, -0.2) is 4.79 Å². The number of nitrogens with one attached hydrogen (secondary N) is 2. The van der Waals surface area contributed by atoms with Crippen molar-refractivity contribution in [1.29, 1.82) is 10.8 Å². The number of fused-ring (bicyclic) bond motifs is 1. The molecule has 3 aromatic rings. The number of amides is 4. The summed E-state index contributed by atoms with van der Waals surface area (Å²) in [6.07, 6.45) is -0.416. The number of aliphatic hydroxyl groups excluding tert-OH is 1. The number of primary amides is 2. The molecule has 1 heterocycles. The van der Waals surface area contributed by atoms with Gasteiger partial charge in [0.2, 0.25) is 17.7 Å². The molecule has 0 spiro atoms. The van der Waals surface area contributed by atoms with Crippen LogP contribution >= 0.6 is 0 Å². The standard InChI is InChI=1S/C35H43N5O7.N2/c1-34(2,3)40-15-7-14-35(40,33(37)47)20-28(41)26(16-21-8-5-4-6-9-21)38-31(44)27(19-29(36)42)39-30(43)24-12-10-23-18-25(32(45)46)13-11-22(23)17-24;1-2/h4-6,8-13,17-18,26-28,41H,7,14-16,19-20H2,1-3H3,(H2,36,42)(H2,37,47)(H,38,44)(H,39,43)(H,45,46);/t26-,27-,28+,35+;/m0./s1. The van der Waals surface area contributed by atoms with Gasteiger partial charge in [-0.2, -0.15) is 0 Å². The van der Waals surface area contributed by atoms with Gasteiger partial charge in [0, 0.05) is 28.3 Å². The van der Waals surface area contributed by atoms with E-state index >= 15 is 0 Å². The molecule has 14 nitrogen and oxygen atoms in total. The number of nitrogens with zero attached hydrogens (tertiary/aromatic N) is 3. The number of aliphatic hydroxyl groups is 1. The lowest BCUT2D eigenvalue weighted by Crippen LogP contribution is -2.63. The van der Waals surface area contributed by atoms with Crippen molar-refractivity contribution >= 4 is 40.4 Å². The Kier molecular flexibility index (Phi) is 12.5. The Morgan fingerprint density at radius 2 is 1.51 bits per heavy atom. The van der Waals surface area contributed by atoms with Crippen LogP contribution in [0.5, 0.6) is 0 Å². The number of hydrogen-bond donors (Lipinski definition) is 6. The zero-order chi connectivity index (χ0) is 36.5. The number of rotatable bonds is 13. The van der Waals surface area contributed by atoms with Crippen LogP contribution < -0.4 is 22.1 Å². The minimum atomic E-state index is -1.38. The van der Waals surface area contributed by atoms with Gasteiger partial charge in [-0.1, -0.05) is 42.5 Å². The van der Waals surface area contributed by atoms with Crippen LogP contribution in [0.3, 0.4) is 0 Å². The highest BCUT2D eigenvalue weighted by atomic mass is 16.4. The molecular weight excluding hydrogens is 630 g/mol. The first-order valence-corrected chi connectivity index (χ1v) is 15.8. The monoisotopic (exact) mass is 673 g/mol. The average molecular weight is 674 g/mol. The lowest BCUT2D eigenvalue weighted by atomic mass is 9.82. The second kappa shape index (κ2) is 16.1. The Hall–Kier alpha value is -5.39. The number of benzene rings is 3. The number of carboxylic acid groups (broad SMARTS) is 1. The maximum Gasteiger partial charge on any atom is 0.335 e. The number of carbonyl (C=O) groups is 5. The van der Waals surface area contributed by atoms with Crippen LogP contribution in [0.4, 0.5) is 0 Å². The molecule has 14 heteroatoms. The van der Waals surface area contributed by atoms with Gasteiger partial charge < -0.3 is 32.3 Å². The van der Waals surface area contributed by atoms with Gasteiger partial charge in [0.15, 0.2) is 0 Å². The third-order valence-corrected chi connectivity index (χ3v) is 8.77. The van der Waals surface area contributed by atoms with Crippen molar-refractivity contribution in [3.8, 4) is 0 Å². The molecule has 0 radical (unpaired) electrons. The molecule has 1 aliphatic rings. The Morgan fingerprint density at radius 3 is 2.06 bits per heavy atom. The van der Waals surface area contributed by atoms with Gasteiger partial charge in [-0.05, 0) is 87.2 Å². The molecule has 4 rings (SSSR count). The first-order valence-electron chi connectivity index (χ1n) is 15.8. The van der Waals surface area contributed by atoms with Crippen LogP contribution in [0.2, 0.25) is 0 Å². The molecule has 3 aromatic carbocycles. The Bertz CT molecular complexity index is 1710. The molecule has 0 bridgehead atoms. The molecule has 0 unspecified atom stereocenters. The Balaban J connectivity index is 0.00000319. The molecule has 8 N–H and O–H groups in total. The molecule has 4 atom stereocenters. The molecule has 0 aliphatic carbocycles. The highest BCUT2D eigenvalue weighted by molar-refractivity contribution is 6.02. The predicted molar refractivity (Wildman–Crippen MR) is 180 cm³/mol. The van der Waals surface area contributed by atoms with E-state index in [1.807, 2.05) is 56.0 Å². The van der Waals surface area contributed by atoms with Crippen LogP contribution in [0.15, 0.2) is 66.7 Å². The normalized spacial score (nSPS) is 17.9. The molecule has 1 fully saturated rings. The molecular formula is C35H43N7O7. The van der Waals surface area contributed by atoms with Crippen LogP contribution in [0.25, 0.3) is 10.8 Å². The van der Waals surface area contributed by atoms with E-state index in [4.69, 9.17) is 22.3 Å². The summed E-state index contributed by atoms with van der Waals surface area (Å²) in [6.45, 7) is 6.56. The minimum absolute atomic E-state index is 0.0368. The molecule has 49 heavy (non-hydrogen) atoms. The number of carboxylic acids is 1. The number of aromatic carboxylic acids is 1. The largest absolute Gasteiger partial charge is 0.478 e. The van der Waals surface area contributed by atoms with Crippen LogP contribution in [0.1, 0.15) is 72.7 Å². The second-order valence-electron chi connectivity index (χ2n) is 13.2. The lowest BCUT2D eigenvalue weighted by Gasteiger charge is -2.46. The molecule has 0 aromatic heterocycles. The van der Waals surface area contributed by atoms with Gasteiger partial charge >= 0.3 is 5.97 Å². The average Bonchev–Trinajstić information content (AvgIpc) is 3.50. The zero-order valence-electron chi connectivity index (χ0n) is 27.8. The van der Waals surface area contributed by atoms with Gasteiger partial charge in [-0.3, -0.25) is 24.1 Å². The van der Waals surface area contributed by atoms with E-state index in [-0.39, 0.29) is 24.0 Å². The highest BCUT2D eigenvalue weighted by Gasteiger charge is 2.51. The summed E-state index contributed by atoms with van der Waals surface area (Å²) in [5.41, 5.74) is 11.0. The van der Waals surface area contributed by atoms with E-state index in [1.165, 1.54) is 18.2 Å². The van der Waals surface area contributed by atoms with Crippen molar-refractivity contribution in [1.82, 2.24) is 15.5 Å². The molecule has 1 saturated heterocycles. The molecule has 4 amide bonds. The Labute approximate surface area is 284 Å². The molecule has 0 saturated carbocycles. The van der Waals surface area contributed by atoms with Crippen LogP contribution in [-0.2, 0) is 20.8 Å². The minimum Gasteiger partial charge on any atom is -0.478 e. The van der Waals surface area contributed by atoms with E-state index in [9.17, 15) is 34.2 Å². The fraction of sp³-hybridized carbons (Fsp3) is 0.400. The molecule has 1 aliphatic heterocycles. The van der Waals surface area contributed by atoms with E-state index in [0.29, 0.717) is 30.2 Å². The fourth-order valence-corrected chi connectivity index (χ4v) is 6.52. The number of likely N-dealkylation sites (tertiary alicyclic amines) is 1. The smallest absolute Gasteiger partial charge is 0.335 e. The number of carbonyl (C=O) groups excluding carboxylic acids is 4. The summed E-state index contributed by atoms with van der Waals surface area (Å²) >= 11 is 0. The zero-order valence-corrected chi connectivity index (χ0v) is 27.8. The van der Waals surface area contributed by atoms with E-state index in [2.05, 4.69) is 10.6 Å². The van der Waals surface area contributed by atoms with Gasteiger partial charge in [-0.15, -0.1) is 0 Å². The second-order valence-corrected chi connectivity index (χ2v) is 13.2. The van der Waals surface area contributed by atoms with E-state index < -0.39 is 65.3 Å². The Morgan fingerprint density at radius 1 is 0.918 bits per heavy atom. The first kappa shape index (κ1) is 38.1. The predicted octanol–water partition coefficient (Wildman–Crippen LogP) is 2.14. The summed E-state index contributed by atoms with van der Waals surface area (Å²) < 4.78 is 0. The quantitative estimate of drug-likeness (QED) is 0.144. The van der Waals surface area contributed by atoms with Crippen molar-refractivity contribution in [3.05, 3.63) is 83.4 Å². The SMILES string of the molecule is CC(C)(C)N1CCC[C@@]1(C[C@@H](O)[C@H](Cc1ccccc1)NC(=O)[C@H](CC(N)=O)NC(=O)c1ccc2cc(C(=O)O)ccc2c1)C(N)=O.N#N. The fourth-order valence-electron chi connectivity index (χ4n) is 6.52. The van der Waals surface area contributed by atoms with Crippen LogP contribution in [0, 0.1) is 10.8 Å². The maximum absolute atomic E-state index is 13.7. The summed E-state index contributed by atoms with van der Waals surface area (Å²) in [5, 5.41) is 39.6. The number of hydrogen-bond acceptors (Lipinski definition) is 9. The van der Waals surface area contributed by atoms with E-state index in [1.54, 1.807) is 18.2 Å². The summed E-state index contributed by atoms with van der Waals surface area (Å²) in [5.74, 6) is -3.86. The highest BCUT2D eigenvalue weighted by Crippen LogP contribution is 2.39. The maximum atomic E-state index is 13.7. The van der Waals surface area contributed by atoms with Gasteiger partial charge in [0.25, 0.3) is 5.91 Å². The van der Waals surface area contributed by atoms with Crippen molar-refractivity contribution in [2.24, 2.45) is 11.5 Å². The van der Waals surface area contributed by atoms with Crippen molar-refractivity contribution < 1.29 is 34.2 Å². The van der Waals surface area contributed by atoms with E-state index in [0.717, 1.165) is 5.56 Å². The van der Waals surface area contributed by atoms with Crippen molar-refractivity contribution in [2.75, 3.05) is 6.54 Å². The number of nitrogens with two attached hydrogens (primary N) is 2. The summed E-state index contributed by atoms with van der Waals surface area (Å²) in [7, 11) is 0. The topological polar surface area (TPSA) is 253 Å². The summed E-state index contributed by atoms with van der Waals surface area (Å²) in [6, 6.07) is 16.0. The molecule has 260 valence electrons.